The fourth-order valence-corrected chi connectivity index (χ4v) is 4.96. The van der Waals surface area contributed by atoms with Crippen LogP contribution in [0.15, 0.2) is 0 Å². The van der Waals surface area contributed by atoms with Gasteiger partial charge in [0.1, 0.15) is 5.82 Å². The first-order chi connectivity index (χ1) is 12.8. The van der Waals surface area contributed by atoms with E-state index in [4.69, 9.17) is 5.73 Å². The zero-order valence-electron chi connectivity index (χ0n) is 15.3. The number of aromatic nitrogens is 2. The number of fused-ring (bicyclic) bond motifs is 1. The van der Waals surface area contributed by atoms with Crippen molar-refractivity contribution < 1.29 is 18.4 Å². The Morgan fingerprint density at radius 1 is 1.33 bits per heavy atom. The molecule has 2 saturated carbocycles. The zero-order chi connectivity index (χ0) is 19.3. The number of nitrogens with one attached hydrogen (secondary N) is 1. The zero-order valence-corrected chi connectivity index (χ0v) is 15.3. The number of alkyl halides is 2. The lowest BCUT2D eigenvalue weighted by Crippen LogP contribution is -2.46. The van der Waals surface area contributed by atoms with E-state index in [1.165, 1.54) is 4.68 Å². The number of aldehydes is 1. The van der Waals surface area contributed by atoms with Crippen LogP contribution in [0.4, 0.5) is 19.4 Å². The van der Waals surface area contributed by atoms with E-state index in [0.717, 1.165) is 24.8 Å². The Hall–Kier alpha value is -2.19. The molecule has 3 fully saturated rings. The number of anilines is 1. The van der Waals surface area contributed by atoms with Gasteiger partial charge < -0.3 is 16.0 Å². The van der Waals surface area contributed by atoms with Gasteiger partial charge in [-0.25, -0.2) is 13.6 Å². The fraction of sp³-hybridized carbons (Fsp3) is 0.722. The number of urea groups is 1. The highest BCUT2D eigenvalue weighted by Crippen LogP contribution is 2.47. The summed E-state index contributed by atoms with van der Waals surface area (Å²) in [7, 11) is 1.73. The molecule has 3 N–H and O–H groups in total. The molecule has 0 spiro atoms. The van der Waals surface area contributed by atoms with E-state index in [1.54, 1.807) is 11.9 Å². The first-order valence-electron chi connectivity index (χ1n) is 9.45. The number of hydrogen-bond donors (Lipinski definition) is 2. The molecule has 1 aromatic heterocycles. The van der Waals surface area contributed by atoms with E-state index in [0.29, 0.717) is 42.9 Å². The van der Waals surface area contributed by atoms with Crippen molar-refractivity contribution in [3.05, 3.63) is 11.3 Å². The van der Waals surface area contributed by atoms with E-state index in [2.05, 4.69) is 10.4 Å². The Bertz CT molecular complexity index is 743. The molecule has 1 aliphatic heterocycles. The lowest BCUT2D eigenvalue weighted by molar-refractivity contribution is -0.108. The number of likely N-dealkylation sites (tertiary alicyclic amines) is 1. The third kappa shape index (κ3) is 3.27. The van der Waals surface area contributed by atoms with Crippen LogP contribution in [0.3, 0.4) is 0 Å². The van der Waals surface area contributed by atoms with Gasteiger partial charge in [0.2, 0.25) is 5.92 Å². The average molecular weight is 381 g/mol. The van der Waals surface area contributed by atoms with Crippen LogP contribution in [0, 0.1) is 17.8 Å². The summed E-state index contributed by atoms with van der Waals surface area (Å²) in [5, 5.41) is 7.23. The van der Waals surface area contributed by atoms with Gasteiger partial charge in [-0.3, -0.25) is 9.48 Å². The maximum atomic E-state index is 12.9. The van der Waals surface area contributed by atoms with Gasteiger partial charge >= 0.3 is 6.03 Å². The third-order valence-corrected chi connectivity index (χ3v) is 6.42. The Kier molecular flexibility index (Phi) is 4.35. The molecule has 2 heterocycles. The van der Waals surface area contributed by atoms with Gasteiger partial charge in [0.15, 0.2) is 6.29 Å². The normalized spacial score (nSPS) is 29.4. The summed E-state index contributed by atoms with van der Waals surface area (Å²) in [6, 6.07) is -0.160. The summed E-state index contributed by atoms with van der Waals surface area (Å²) < 4.78 is 27.3. The number of nitrogen functional groups attached to an aromatic ring is 1. The molecule has 7 nitrogen and oxygen atoms in total. The first kappa shape index (κ1) is 18.2. The molecule has 0 radical (unpaired) electrons. The van der Waals surface area contributed by atoms with Crippen molar-refractivity contribution in [2.75, 3.05) is 25.4 Å². The molecule has 3 aliphatic rings. The predicted molar refractivity (Wildman–Crippen MR) is 94.6 cm³/mol. The molecule has 1 saturated heterocycles. The largest absolute Gasteiger partial charge is 0.383 e. The molecular weight excluding hydrogens is 356 g/mol. The summed E-state index contributed by atoms with van der Waals surface area (Å²) in [5.74, 6) is -1.35. The van der Waals surface area contributed by atoms with Crippen molar-refractivity contribution in [2.45, 2.75) is 37.5 Å². The van der Waals surface area contributed by atoms with Crippen LogP contribution in [0.2, 0.25) is 0 Å². The van der Waals surface area contributed by atoms with Crippen molar-refractivity contribution in [3.8, 4) is 0 Å². The summed E-state index contributed by atoms with van der Waals surface area (Å²) in [6.07, 6.45) is 2.26. The number of hydrogen-bond acceptors (Lipinski definition) is 4. The molecule has 2 unspecified atom stereocenters. The van der Waals surface area contributed by atoms with E-state index < -0.39 is 5.92 Å². The third-order valence-electron chi connectivity index (χ3n) is 6.42. The first-order valence-corrected chi connectivity index (χ1v) is 9.45. The molecule has 0 aromatic carbocycles. The topological polar surface area (TPSA) is 93.2 Å². The summed E-state index contributed by atoms with van der Waals surface area (Å²) in [4.78, 5) is 25.5. The Morgan fingerprint density at radius 3 is 2.52 bits per heavy atom. The molecule has 4 rings (SSSR count). The van der Waals surface area contributed by atoms with Gasteiger partial charge in [-0.2, -0.15) is 5.10 Å². The molecular formula is C18H25F2N5O2. The lowest BCUT2D eigenvalue weighted by Gasteiger charge is -2.35. The van der Waals surface area contributed by atoms with E-state index in [9.17, 15) is 18.4 Å². The van der Waals surface area contributed by atoms with E-state index >= 15 is 0 Å². The molecule has 2 aliphatic carbocycles. The van der Waals surface area contributed by atoms with Gasteiger partial charge in [0.25, 0.3) is 0 Å². The molecule has 1 aromatic rings. The van der Waals surface area contributed by atoms with Crippen LogP contribution in [0.25, 0.3) is 0 Å². The van der Waals surface area contributed by atoms with Crippen molar-refractivity contribution in [2.24, 2.45) is 24.8 Å². The van der Waals surface area contributed by atoms with Gasteiger partial charge in [-0.1, -0.05) is 0 Å². The monoisotopic (exact) mass is 381 g/mol. The highest BCUT2D eigenvalue weighted by atomic mass is 19.3. The standard InChI is InChI=1S/C18H25F2N5O2/c1-24-16(21)14(9-26)15(23-24)11-2-12-7-25(8-13(12)3-11)17(27)22-6-10-4-18(19,20)5-10/h9-13H,2-8,21H2,1H3,(H,22,27). The number of amides is 2. The van der Waals surface area contributed by atoms with Crippen LogP contribution in [-0.4, -0.2) is 52.6 Å². The predicted octanol–water partition coefficient (Wildman–Crippen LogP) is 2.00. The minimum Gasteiger partial charge on any atom is -0.383 e. The number of nitrogens with zero attached hydrogens (tertiary/aromatic N) is 3. The van der Waals surface area contributed by atoms with Crippen molar-refractivity contribution in [1.29, 1.82) is 0 Å². The van der Waals surface area contributed by atoms with Gasteiger partial charge in [0.05, 0.1) is 11.3 Å². The smallest absolute Gasteiger partial charge is 0.317 e. The SMILES string of the molecule is Cn1nc(C2CC3CN(C(=O)NCC4CC(F)(F)C4)CC3C2)c(C=O)c1N. The van der Waals surface area contributed by atoms with Gasteiger partial charge in [-0.15, -0.1) is 0 Å². The van der Waals surface area contributed by atoms with Gasteiger partial charge in [0, 0.05) is 45.4 Å². The number of rotatable bonds is 4. The number of nitrogens with two attached hydrogens (primary N) is 1. The second kappa shape index (κ2) is 6.45. The Balaban J connectivity index is 1.30. The molecule has 9 heteroatoms. The van der Waals surface area contributed by atoms with Crippen LogP contribution in [0.5, 0.6) is 0 Å². The summed E-state index contributed by atoms with van der Waals surface area (Å²) in [6.45, 7) is 1.64. The maximum absolute atomic E-state index is 12.9. The summed E-state index contributed by atoms with van der Waals surface area (Å²) in [5.41, 5.74) is 7.16. The molecule has 2 atom stereocenters. The maximum Gasteiger partial charge on any atom is 0.317 e. The average Bonchev–Trinajstić information content (AvgIpc) is 3.22. The second-order valence-electron chi connectivity index (χ2n) is 8.34. The van der Waals surface area contributed by atoms with Crippen molar-refractivity contribution >= 4 is 18.1 Å². The number of carbonyl (C=O) groups excluding carboxylic acids is 2. The minimum absolute atomic E-state index is 0.119. The van der Waals surface area contributed by atoms with Crippen LogP contribution in [0.1, 0.15) is 47.7 Å². The number of halogens is 2. The minimum atomic E-state index is -2.55. The van der Waals surface area contributed by atoms with Crippen LogP contribution < -0.4 is 11.1 Å². The quantitative estimate of drug-likeness (QED) is 0.780. The molecule has 148 valence electrons. The number of carbonyl (C=O) groups is 2. The highest BCUT2D eigenvalue weighted by molar-refractivity contribution is 5.84. The van der Waals surface area contributed by atoms with Crippen LogP contribution in [-0.2, 0) is 7.05 Å². The Morgan fingerprint density at radius 2 is 1.96 bits per heavy atom. The van der Waals surface area contributed by atoms with E-state index in [-0.39, 0.29) is 30.7 Å². The number of aryl methyl sites for hydroxylation is 1. The van der Waals surface area contributed by atoms with Crippen molar-refractivity contribution in [3.63, 3.8) is 0 Å². The Labute approximate surface area is 156 Å². The fourth-order valence-electron chi connectivity index (χ4n) is 4.96. The van der Waals surface area contributed by atoms with Gasteiger partial charge in [-0.05, 0) is 30.6 Å². The lowest BCUT2D eigenvalue weighted by atomic mass is 9.81. The second-order valence-corrected chi connectivity index (χ2v) is 8.34. The van der Waals surface area contributed by atoms with Crippen LogP contribution >= 0.6 is 0 Å². The van der Waals surface area contributed by atoms with Crippen molar-refractivity contribution in [1.82, 2.24) is 20.0 Å². The molecule has 0 bridgehead atoms. The molecule has 2 amide bonds. The molecule has 27 heavy (non-hydrogen) atoms. The highest BCUT2D eigenvalue weighted by Gasteiger charge is 2.46. The van der Waals surface area contributed by atoms with E-state index in [1.807, 2.05) is 0 Å². The summed E-state index contributed by atoms with van der Waals surface area (Å²) >= 11 is 0.